The van der Waals surface area contributed by atoms with Crippen LogP contribution in [0.25, 0.3) is 0 Å². The summed E-state index contributed by atoms with van der Waals surface area (Å²) in [7, 11) is 0. The minimum absolute atomic E-state index is 0.736. The fraction of sp³-hybridized carbons (Fsp3) is 0.250. The molecule has 0 amide bonds. The fourth-order valence-corrected chi connectivity index (χ4v) is 1.67. The first-order valence-corrected chi connectivity index (χ1v) is 5.42. The van der Waals surface area contributed by atoms with E-state index in [4.69, 9.17) is 11.6 Å². The number of halogens is 1. The molecule has 0 atom stereocenters. The third-order valence-corrected chi connectivity index (χ3v) is 2.75. The molecule has 0 unspecified atom stereocenters. The summed E-state index contributed by atoms with van der Waals surface area (Å²) >= 11 is 6.07. The average molecular weight is 221 g/mol. The summed E-state index contributed by atoms with van der Waals surface area (Å²) in [5.74, 6) is 0. The molecule has 0 saturated carbocycles. The highest BCUT2D eigenvalue weighted by molar-refractivity contribution is 6.31. The maximum atomic E-state index is 6.07. The topological polar surface area (TPSA) is 17.8 Å². The van der Waals surface area contributed by atoms with Crippen molar-refractivity contribution in [1.82, 2.24) is 9.78 Å². The molecule has 0 aliphatic heterocycles. The molecule has 0 N–H and O–H groups in total. The van der Waals surface area contributed by atoms with Crippen LogP contribution in [0.2, 0.25) is 5.02 Å². The SMILES string of the molecule is CCc1cnn(Cc2ccccc2Cl)c1. The lowest BCUT2D eigenvalue weighted by atomic mass is 10.2. The lowest BCUT2D eigenvalue weighted by Gasteiger charge is -2.03. The monoisotopic (exact) mass is 220 g/mol. The van der Waals surface area contributed by atoms with Crippen molar-refractivity contribution in [1.29, 1.82) is 0 Å². The number of hydrogen-bond acceptors (Lipinski definition) is 1. The van der Waals surface area contributed by atoms with Crippen LogP contribution in [0.4, 0.5) is 0 Å². The minimum Gasteiger partial charge on any atom is -0.268 e. The van der Waals surface area contributed by atoms with Gasteiger partial charge in [0.05, 0.1) is 12.7 Å². The summed E-state index contributed by atoms with van der Waals surface area (Å²) in [4.78, 5) is 0. The first-order valence-electron chi connectivity index (χ1n) is 5.04. The molecule has 0 radical (unpaired) electrons. The van der Waals surface area contributed by atoms with Gasteiger partial charge >= 0.3 is 0 Å². The summed E-state index contributed by atoms with van der Waals surface area (Å²) in [6.45, 7) is 2.86. The molecule has 78 valence electrons. The summed E-state index contributed by atoms with van der Waals surface area (Å²) < 4.78 is 1.92. The Morgan fingerprint density at radius 2 is 2.13 bits per heavy atom. The second-order valence-electron chi connectivity index (χ2n) is 3.49. The Morgan fingerprint density at radius 1 is 1.33 bits per heavy atom. The van der Waals surface area contributed by atoms with E-state index in [1.54, 1.807) is 0 Å². The van der Waals surface area contributed by atoms with Crippen LogP contribution in [0.1, 0.15) is 18.1 Å². The zero-order chi connectivity index (χ0) is 10.7. The van der Waals surface area contributed by atoms with Crippen LogP contribution in [0.3, 0.4) is 0 Å². The van der Waals surface area contributed by atoms with Gasteiger partial charge in [0.25, 0.3) is 0 Å². The summed E-state index contributed by atoms with van der Waals surface area (Å²) in [5, 5.41) is 5.08. The predicted octanol–water partition coefficient (Wildman–Crippen LogP) is 3.15. The fourth-order valence-electron chi connectivity index (χ4n) is 1.48. The van der Waals surface area contributed by atoms with E-state index in [9.17, 15) is 0 Å². The van der Waals surface area contributed by atoms with E-state index in [1.807, 2.05) is 35.1 Å². The maximum Gasteiger partial charge on any atom is 0.0673 e. The lowest BCUT2D eigenvalue weighted by molar-refractivity contribution is 0.686. The number of hydrogen-bond donors (Lipinski definition) is 0. The number of aromatic nitrogens is 2. The van der Waals surface area contributed by atoms with Crippen LogP contribution in [0.5, 0.6) is 0 Å². The van der Waals surface area contributed by atoms with Gasteiger partial charge in [-0.1, -0.05) is 36.7 Å². The first-order chi connectivity index (χ1) is 7.29. The highest BCUT2D eigenvalue weighted by Gasteiger charge is 2.01. The molecule has 1 aromatic heterocycles. The smallest absolute Gasteiger partial charge is 0.0673 e. The van der Waals surface area contributed by atoms with E-state index in [-0.39, 0.29) is 0 Å². The zero-order valence-corrected chi connectivity index (χ0v) is 9.41. The van der Waals surface area contributed by atoms with Crippen LogP contribution in [-0.2, 0) is 13.0 Å². The number of nitrogens with zero attached hydrogens (tertiary/aromatic N) is 2. The molecular weight excluding hydrogens is 208 g/mol. The van der Waals surface area contributed by atoms with E-state index < -0.39 is 0 Å². The minimum atomic E-state index is 0.736. The van der Waals surface area contributed by atoms with Gasteiger partial charge in [0.15, 0.2) is 0 Å². The molecule has 2 rings (SSSR count). The lowest BCUT2D eigenvalue weighted by Crippen LogP contribution is -2.00. The zero-order valence-electron chi connectivity index (χ0n) is 8.65. The van der Waals surface area contributed by atoms with Crippen molar-refractivity contribution in [2.24, 2.45) is 0 Å². The Hall–Kier alpha value is -1.28. The van der Waals surface area contributed by atoms with Crippen LogP contribution in [0.15, 0.2) is 36.7 Å². The molecule has 1 heterocycles. The Balaban J connectivity index is 2.18. The number of benzene rings is 1. The Labute approximate surface area is 94.5 Å². The normalized spacial score (nSPS) is 10.5. The molecular formula is C12H13ClN2. The van der Waals surface area contributed by atoms with Crippen molar-refractivity contribution < 1.29 is 0 Å². The van der Waals surface area contributed by atoms with E-state index in [0.29, 0.717) is 0 Å². The third-order valence-electron chi connectivity index (χ3n) is 2.39. The summed E-state index contributed by atoms with van der Waals surface area (Å²) in [5.41, 5.74) is 2.35. The van der Waals surface area contributed by atoms with E-state index in [2.05, 4.69) is 18.2 Å². The van der Waals surface area contributed by atoms with Crippen molar-refractivity contribution in [3.05, 3.63) is 52.8 Å². The van der Waals surface area contributed by atoms with Gasteiger partial charge < -0.3 is 0 Å². The number of aryl methyl sites for hydroxylation is 1. The van der Waals surface area contributed by atoms with Crippen LogP contribution in [0, 0.1) is 0 Å². The van der Waals surface area contributed by atoms with Gasteiger partial charge in [-0.05, 0) is 23.6 Å². The Bertz CT molecular complexity index is 448. The quantitative estimate of drug-likeness (QED) is 0.777. The van der Waals surface area contributed by atoms with E-state index in [1.165, 1.54) is 5.56 Å². The van der Waals surface area contributed by atoms with Gasteiger partial charge in [-0.2, -0.15) is 5.10 Å². The molecule has 0 fully saturated rings. The van der Waals surface area contributed by atoms with Crippen LogP contribution in [-0.4, -0.2) is 9.78 Å². The molecule has 15 heavy (non-hydrogen) atoms. The van der Waals surface area contributed by atoms with Crippen molar-refractivity contribution in [3.8, 4) is 0 Å². The van der Waals surface area contributed by atoms with E-state index >= 15 is 0 Å². The van der Waals surface area contributed by atoms with Gasteiger partial charge in [0.2, 0.25) is 0 Å². The highest BCUT2D eigenvalue weighted by Crippen LogP contribution is 2.16. The van der Waals surface area contributed by atoms with Gasteiger partial charge in [-0.3, -0.25) is 4.68 Å². The largest absolute Gasteiger partial charge is 0.268 e. The van der Waals surface area contributed by atoms with Crippen LogP contribution >= 0.6 is 11.6 Å². The van der Waals surface area contributed by atoms with Crippen molar-refractivity contribution in [2.45, 2.75) is 19.9 Å². The number of rotatable bonds is 3. The van der Waals surface area contributed by atoms with Crippen molar-refractivity contribution in [2.75, 3.05) is 0 Å². The molecule has 0 spiro atoms. The predicted molar refractivity (Wildman–Crippen MR) is 62.2 cm³/mol. The van der Waals surface area contributed by atoms with Gasteiger partial charge in [0.1, 0.15) is 0 Å². The second kappa shape index (κ2) is 4.49. The van der Waals surface area contributed by atoms with Gasteiger partial charge in [-0.15, -0.1) is 0 Å². The molecule has 1 aromatic carbocycles. The maximum absolute atomic E-state index is 6.07. The molecule has 3 heteroatoms. The van der Waals surface area contributed by atoms with Crippen molar-refractivity contribution in [3.63, 3.8) is 0 Å². The third kappa shape index (κ3) is 2.39. The van der Waals surface area contributed by atoms with Crippen LogP contribution < -0.4 is 0 Å². The molecule has 0 saturated heterocycles. The molecule has 0 bridgehead atoms. The summed E-state index contributed by atoms with van der Waals surface area (Å²) in [6, 6.07) is 7.86. The van der Waals surface area contributed by atoms with E-state index in [0.717, 1.165) is 23.6 Å². The Kier molecular flexibility index (Phi) is 3.07. The van der Waals surface area contributed by atoms with Gasteiger partial charge in [0, 0.05) is 11.2 Å². The second-order valence-corrected chi connectivity index (χ2v) is 3.90. The van der Waals surface area contributed by atoms with Crippen molar-refractivity contribution >= 4 is 11.6 Å². The molecule has 2 aromatic rings. The first kappa shape index (κ1) is 10.2. The molecule has 2 nitrogen and oxygen atoms in total. The molecule has 0 aliphatic rings. The standard InChI is InChI=1S/C12H13ClN2/c1-2-10-7-14-15(8-10)9-11-5-3-4-6-12(11)13/h3-8H,2,9H2,1H3. The average Bonchev–Trinajstić information content (AvgIpc) is 2.69. The Morgan fingerprint density at radius 3 is 2.80 bits per heavy atom. The molecule has 0 aliphatic carbocycles. The highest BCUT2D eigenvalue weighted by atomic mass is 35.5. The summed E-state index contributed by atoms with van der Waals surface area (Å²) in [6.07, 6.45) is 4.97. The van der Waals surface area contributed by atoms with Gasteiger partial charge in [-0.25, -0.2) is 0 Å².